The summed E-state index contributed by atoms with van der Waals surface area (Å²) in [4.78, 5) is 26.6. The number of halogens is 1. The van der Waals surface area contributed by atoms with Crippen molar-refractivity contribution in [1.29, 1.82) is 0 Å². The summed E-state index contributed by atoms with van der Waals surface area (Å²) in [5.74, 6) is 0.745. The first kappa shape index (κ1) is 21.7. The number of esters is 1. The van der Waals surface area contributed by atoms with Crippen LogP contribution in [0.5, 0.6) is 0 Å². The number of hydrogen-bond acceptors (Lipinski definition) is 7. The van der Waals surface area contributed by atoms with Crippen LogP contribution in [-0.4, -0.2) is 33.3 Å². The van der Waals surface area contributed by atoms with Gasteiger partial charge in [0.2, 0.25) is 0 Å². The van der Waals surface area contributed by atoms with Crippen LogP contribution in [0.25, 0.3) is 21.8 Å². The minimum Gasteiger partial charge on any atom is -0.466 e. The molecule has 2 heterocycles. The van der Waals surface area contributed by atoms with E-state index in [9.17, 15) is 4.79 Å². The van der Waals surface area contributed by atoms with Crippen molar-refractivity contribution in [1.82, 2.24) is 15.0 Å². The van der Waals surface area contributed by atoms with Crippen molar-refractivity contribution in [2.75, 3.05) is 12.4 Å². The Hall–Kier alpha value is -1.96. The summed E-state index contributed by atoms with van der Waals surface area (Å²) in [5.41, 5.74) is 2.50. The minimum absolute atomic E-state index is 0.176. The van der Waals surface area contributed by atoms with Gasteiger partial charge < -0.3 is 4.74 Å². The zero-order chi connectivity index (χ0) is 20.6. The van der Waals surface area contributed by atoms with E-state index in [0.29, 0.717) is 11.6 Å². The predicted octanol–water partition coefficient (Wildman–Crippen LogP) is 5.92. The summed E-state index contributed by atoms with van der Waals surface area (Å²) in [5, 5.41) is 2.20. The second-order valence-electron chi connectivity index (χ2n) is 6.24. The number of nitrogens with zero attached hydrogens (tertiary/aromatic N) is 3. The number of aromatic nitrogens is 3. The molecule has 0 aliphatic rings. The van der Waals surface area contributed by atoms with Gasteiger partial charge in [-0.25, -0.2) is 15.0 Å². The maximum absolute atomic E-state index is 12.1. The van der Waals surface area contributed by atoms with Crippen LogP contribution in [0.3, 0.4) is 0 Å². The molecule has 1 aromatic carbocycles. The number of thioether (sulfide) groups is 1. The fraction of sp³-hybridized carbons (Fsp3) is 0.333. The molecule has 0 atom stereocenters. The van der Waals surface area contributed by atoms with Gasteiger partial charge in [-0.2, -0.15) is 0 Å². The molecule has 0 spiro atoms. The number of carbonyl (C=O) groups excluding carboxylic acids is 1. The standard InChI is InChI=1S/C21H22ClN3O2S2/c1-3-5-10-28-21-23-12-15(13-24-21)20-25-19(14-6-8-16(22)9-7-14)17(29-20)11-18(26)27-4-2/h6-9,12-13H,3-5,10-11H2,1-2H3. The number of hydrogen-bond donors (Lipinski definition) is 0. The molecule has 3 aromatic rings. The topological polar surface area (TPSA) is 65.0 Å². The van der Waals surface area contributed by atoms with Crippen molar-refractivity contribution in [2.45, 2.75) is 38.3 Å². The Morgan fingerprint density at radius 3 is 2.52 bits per heavy atom. The molecule has 0 unspecified atom stereocenters. The van der Waals surface area contributed by atoms with Crippen molar-refractivity contribution in [3.05, 3.63) is 46.6 Å². The lowest BCUT2D eigenvalue weighted by atomic mass is 10.1. The highest BCUT2D eigenvalue weighted by Crippen LogP contribution is 2.34. The largest absolute Gasteiger partial charge is 0.466 e. The normalized spacial score (nSPS) is 10.9. The second-order valence-corrected chi connectivity index (χ2v) is 8.82. The van der Waals surface area contributed by atoms with Crippen LogP contribution in [0, 0.1) is 0 Å². The molecule has 0 N–H and O–H groups in total. The molecule has 0 bridgehead atoms. The number of benzene rings is 1. The first-order chi connectivity index (χ1) is 14.1. The third-order valence-corrected chi connectivity index (χ3v) is 6.35. The highest BCUT2D eigenvalue weighted by Gasteiger charge is 2.18. The Kier molecular flexibility index (Phi) is 8.03. The predicted molar refractivity (Wildman–Crippen MR) is 120 cm³/mol. The first-order valence-corrected chi connectivity index (χ1v) is 11.6. The summed E-state index contributed by atoms with van der Waals surface area (Å²) >= 11 is 9.13. The van der Waals surface area contributed by atoms with Crippen molar-refractivity contribution >= 4 is 40.7 Å². The zero-order valence-corrected chi connectivity index (χ0v) is 18.7. The van der Waals surface area contributed by atoms with Crippen molar-refractivity contribution in [2.24, 2.45) is 0 Å². The molecule has 8 heteroatoms. The van der Waals surface area contributed by atoms with Gasteiger partial charge >= 0.3 is 5.97 Å². The quantitative estimate of drug-likeness (QED) is 0.175. The minimum atomic E-state index is -0.267. The van der Waals surface area contributed by atoms with Gasteiger partial charge in [-0.15, -0.1) is 11.3 Å². The van der Waals surface area contributed by atoms with Gasteiger partial charge in [0.1, 0.15) is 5.01 Å². The average molecular weight is 448 g/mol. The number of ether oxygens (including phenoxy) is 1. The zero-order valence-electron chi connectivity index (χ0n) is 16.4. The lowest BCUT2D eigenvalue weighted by Gasteiger charge is -2.03. The molecule has 2 aromatic heterocycles. The van der Waals surface area contributed by atoms with Crippen LogP contribution in [0.15, 0.2) is 41.8 Å². The van der Waals surface area contributed by atoms with Crippen molar-refractivity contribution in [3.63, 3.8) is 0 Å². The number of carbonyl (C=O) groups is 1. The molecule has 0 aliphatic carbocycles. The molecule has 3 rings (SSSR count). The average Bonchev–Trinajstić information content (AvgIpc) is 3.13. The van der Waals surface area contributed by atoms with Crippen LogP contribution in [-0.2, 0) is 16.0 Å². The van der Waals surface area contributed by atoms with Crippen LogP contribution < -0.4 is 0 Å². The van der Waals surface area contributed by atoms with E-state index >= 15 is 0 Å². The van der Waals surface area contributed by atoms with Gasteiger partial charge in [0.15, 0.2) is 5.16 Å². The van der Waals surface area contributed by atoms with E-state index in [0.717, 1.165) is 50.5 Å². The van der Waals surface area contributed by atoms with Gasteiger partial charge in [0.25, 0.3) is 0 Å². The van der Waals surface area contributed by atoms with E-state index in [1.54, 1.807) is 31.1 Å². The smallest absolute Gasteiger partial charge is 0.311 e. The molecule has 5 nitrogen and oxygen atoms in total. The van der Waals surface area contributed by atoms with Crippen LogP contribution in [0.2, 0.25) is 5.02 Å². The second kappa shape index (κ2) is 10.7. The monoisotopic (exact) mass is 447 g/mol. The lowest BCUT2D eigenvalue weighted by Crippen LogP contribution is -2.07. The van der Waals surface area contributed by atoms with Crippen molar-refractivity contribution < 1.29 is 9.53 Å². The van der Waals surface area contributed by atoms with Gasteiger partial charge in [-0.3, -0.25) is 4.79 Å². The first-order valence-electron chi connectivity index (χ1n) is 9.47. The SMILES string of the molecule is CCCCSc1ncc(-c2nc(-c3ccc(Cl)cc3)c(CC(=O)OCC)s2)cn1. The summed E-state index contributed by atoms with van der Waals surface area (Å²) < 4.78 is 5.12. The Balaban J connectivity index is 1.89. The van der Waals surface area contributed by atoms with Crippen LogP contribution in [0.4, 0.5) is 0 Å². The van der Waals surface area contributed by atoms with E-state index in [1.807, 2.05) is 24.3 Å². The Morgan fingerprint density at radius 2 is 1.86 bits per heavy atom. The Morgan fingerprint density at radius 1 is 1.14 bits per heavy atom. The summed E-state index contributed by atoms with van der Waals surface area (Å²) in [7, 11) is 0. The lowest BCUT2D eigenvalue weighted by molar-refractivity contribution is -0.142. The molecule has 152 valence electrons. The van der Waals surface area contributed by atoms with E-state index < -0.39 is 0 Å². The van der Waals surface area contributed by atoms with Crippen molar-refractivity contribution in [3.8, 4) is 21.8 Å². The molecule has 0 amide bonds. The molecule has 0 fully saturated rings. The Bertz CT molecular complexity index is 944. The maximum Gasteiger partial charge on any atom is 0.311 e. The molecule has 29 heavy (non-hydrogen) atoms. The summed E-state index contributed by atoms with van der Waals surface area (Å²) in [6, 6.07) is 7.44. The van der Waals surface area contributed by atoms with Crippen LogP contribution >= 0.6 is 34.7 Å². The number of thiazole rings is 1. The number of unbranched alkanes of at least 4 members (excludes halogenated alkanes) is 1. The molecule has 0 radical (unpaired) electrons. The van der Waals surface area contributed by atoms with E-state index in [-0.39, 0.29) is 12.4 Å². The molecule has 0 aliphatic heterocycles. The maximum atomic E-state index is 12.1. The van der Waals surface area contributed by atoms with E-state index in [1.165, 1.54) is 11.3 Å². The van der Waals surface area contributed by atoms with E-state index in [2.05, 4.69) is 16.9 Å². The van der Waals surface area contributed by atoms with Gasteiger partial charge in [0.05, 0.1) is 18.7 Å². The third-order valence-electron chi connectivity index (χ3n) is 4.03. The fourth-order valence-electron chi connectivity index (χ4n) is 2.58. The number of rotatable bonds is 9. The molecule has 0 saturated heterocycles. The van der Waals surface area contributed by atoms with Crippen LogP contribution in [0.1, 0.15) is 31.6 Å². The molecular weight excluding hydrogens is 426 g/mol. The van der Waals surface area contributed by atoms with Gasteiger partial charge in [0, 0.05) is 39.2 Å². The van der Waals surface area contributed by atoms with Gasteiger partial charge in [-0.05, 0) is 25.5 Å². The summed E-state index contributed by atoms with van der Waals surface area (Å²) in [6.07, 6.45) is 6.06. The fourth-order valence-corrected chi connectivity index (χ4v) is 4.62. The van der Waals surface area contributed by atoms with Gasteiger partial charge in [-0.1, -0.05) is 48.8 Å². The third kappa shape index (κ3) is 6.01. The molecular formula is C21H22ClN3O2S2. The van der Waals surface area contributed by atoms with E-state index in [4.69, 9.17) is 21.3 Å². The highest BCUT2D eigenvalue weighted by molar-refractivity contribution is 7.99. The summed E-state index contributed by atoms with van der Waals surface area (Å²) in [6.45, 7) is 4.32. The highest BCUT2D eigenvalue weighted by atomic mass is 35.5. The Labute approximate surface area is 183 Å². The molecule has 0 saturated carbocycles.